The largest absolute Gasteiger partial charge is 0.307 e. The lowest BCUT2D eigenvalue weighted by Gasteiger charge is -2.57. The van der Waals surface area contributed by atoms with Crippen molar-refractivity contribution in [2.75, 3.05) is 0 Å². The lowest BCUT2D eigenvalue weighted by Crippen LogP contribution is -2.58. The third-order valence-corrected chi connectivity index (χ3v) is 6.06. The van der Waals surface area contributed by atoms with Crippen LogP contribution in [0.2, 0.25) is 5.02 Å². The van der Waals surface area contributed by atoms with Crippen molar-refractivity contribution in [3.05, 3.63) is 34.6 Å². The Morgan fingerprint density at radius 1 is 1.10 bits per heavy atom. The van der Waals surface area contributed by atoms with E-state index < -0.39 is 0 Å². The molecule has 5 rings (SSSR count). The van der Waals surface area contributed by atoms with Gasteiger partial charge in [0.05, 0.1) is 0 Å². The third-order valence-electron chi connectivity index (χ3n) is 5.71. The first-order chi connectivity index (χ1) is 9.62. The summed E-state index contributed by atoms with van der Waals surface area (Å²) in [4.78, 5) is 0. The van der Waals surface area contributed by atoms with Gasteiger partial charge in [0.1, 0.15) is 5.82 Å². The minimum Gasteiger partial charge on any atom is -0.307 e. The molecule has 1 nitrogen and oxygen atoms in total. The van der Waals surface area contributed by atoms with Crippen LogP contribution in [0, 0.1) is 23.6 Å². The maximum Gasteiger partial charge on any atom is 0.124 e. The summed E-state index contributed by atoms with van der Waals surface area (Å²) < 4.78 is 13.1. The van der Waals surface area contributed by atoms with Crippen molar-refractivity contribution in [3.63, 3.8) is 0 Å². The molecule has 0 aromatic heterocycles. The predicted molar refractivity (Wildman–Crippen MR) is 79.2 cm³/mol. The molecular weight excluding hydrogens is 273 g/mol. The molecule has 0 atom stereocenters. The highest BCUT2D eigenvalue weighted by molar-refractivity contribution is 6.31. The van der Waals surface area contributed by atoms with Gasteiger partial charge in [-0.1, -0.05) is 17.7 Å². The highest BCUT2D eigenvalue weighted by Gasteiger charge is 2.50. The first-order valence-corrected chi connectivity index (χ1v) is 8.19. The summed E-state index contributed by atoms with van der Waals surface area (Å²) in [5.74, 6) is 2.57. The number of rotatable bonds is 3. The van der Waals surface area contributed by atoms with E-state index in [0.29, 0.717) is 10.6 Å². The van der Waals surface area contributed by atoms with Gasteiger partial charge in [0.25, 0.3) is 0 Å². The maximum absolute atomic E-state index is 13.1. The van der Waals surface area contributed by atoms with Gasteiger partial charge in [-0.15, -0.1) is 0 Å². The van der Waals surface area contributed by atoms with E-state index in [1.54, 1.807) is 0 Å². The predicted octanol–water partition coefficient (Wildman–Crippen LogP) is 4.54. The van der Waals surface area contributed by atoms with Crippen molar-refractivity contribution in [2.24, 2.45) is 17.8 Å². The molecule has 1 N–H and O–H groups in total. The standard InChI is InChI=1S/C17H21ClFN/c18-16-6-15(19)2-1-14(16)10-20-17-7-11-3-12(8-17)5-13(4-11)9-17/h1-2,6,11-13,20H,3-5,7-10H2. The molecule has 1 aromatic carbocycles. The Balaban J connectivity index is 1.49. The smallest absolute Gasteiger partial charge is 0.124 e. The highest BCUT2D eigenvalue weighted by atomic mass is 35.5. The Kier molecular flexibility index (Phi) is 3.08. The van der Waals surface area contributed by atoms with Crippen LogP contribution in [0.15, 0.2) is 18.2 Å². The SMILES string of the molecule is Fc1ccc(CNC23CC4CC(CC(C4)C2)C3)c(Cl)c1. The van der Waals surface area contributed by atoms with Gasteiger partial charge in [-0.3, -0.25) is 0 Å². The van der Waals surface area contributed by atoms with E-state index in [9.17, 15) is 4.39 Å². The van der Waals surface area contributed by atoms with Gasteiger partial charge in [0, 0.05) is 17.1 Å². The van der Waals surface area contributed by atoms with Crippen molar-refractivity contribution >= 4 is 11.6 Å². The third kappa shape index (κ3) is 2.27. The van der Waals surface area contributed by atoms with Crippen molar-refractivity contribution in [3.8, 4) is 0 Å². The van der Waals surface area contributed by atoms with Crippen LogP contribution in [0.25, 0.3) is 0 Å². The topological polar surface area (TPSA) is 12.0 Å². The van der Waals surface area contributed by atoms with E-state index in [1.807, 2.05) is 6.07 Å². The second-order valence-corrected chi connectivity index (χ2v) is 7.69. The molecule has 0 saturated heterocycles. The quantitative estimate of drug-likeness (QED) is 0.863. The summed E-state index contributed by atoms with van der Waals surface area (Å²) in [5.41, 5.74) is 1.36. The van der Waals surface area contributed by atoms with Gasteiger partial charge in [-0.25, -0.2) is 4.39 Å². The number of benzene rings is 1. The van der Waals surface area contributed by atoms with Gasteiger partial charge in [0.2, 0.25) is 0 Å². The van der Waals surface area contributed by atoms with Gasteiger partial charge in [-0.2, -0.15) is 0 Å². The molecule has 4 fully saturated rings. The zero-order valence-corrected chi connectivity index (χ0v) is 12.4. The van der Waals surface area contributed by atoms with Crippen LogP contribution in [0.5, 0.6) is 0 Å². The molecule has 4 saturated carbocycles. The Hall–Kier alpha value is -0.600. The molecule has 0 spiro atoms. The monoisotopic (exact) mass is 293 g/mol. The molecule has 0 aliphatic heterocycles. The Bertz CT molecular complexity index is 492. The van der Waals surface area contributed by atoms with E-state index >= 15 is 0 Å². The summed E-state index contributed by atoms with van der Waals surface area (Å²) >= 11 is 6.14. The van der Waals surface area contributed by atoms with E-state index in [0.717, 1.165) is 29.9 Å². The van der Waals surface area contributed by atoms with Crippen molar-refractivity contribution in [1.82, 2.24) is 5.32 Å². The van der Waals surface area contributed by atoms with E-state index in [2.05, 4.69) is 5.32 Å². The van der Waals surface area contributed by atoms with Gasteiger partial charge >= 0.3 is 0 Å². The molecule has 4 bridgehead atoms. The molecule has 0 amide bonds. The fourth-order valence-corrected chi connectivity index (χ4v) is 5.51. The lowest BCUT2D eigenvalue weighted by atomic mass is 9.53. The molecule has 1 aromatic rings. The molecule has 0 unspecified atom stereocenters. The molecule has 108 valence electrons. The van der Waals surface area contributed by atoms with Crippen LogP contribution in [-0.2, 0) is 6.54 Å². The van der Waals surface area contributed by atoms with Crippen LogP contribution in [0.3, 0.4) is 0 Å². The van der Waals surface area contributed by atoms with E-state index in [4.69, 9.17) is 11.6 Å². The normalized spacial score (nSPS) is 38.4. The highest BCUT2D eigenvalue weighted by Crippen LogP contribution is 2.55. The summed E-state index contributed by atoms with van der Waals surface area (Å²) in [7, 11) is 0. The molecule has 3 heteroatoms. The van der Waals surface area contributed by atoms with Crippen molar-refractivity contribution < 1.29 is 4.39 Å². The fourth-order valence-electron chi connectivity index (χ4n) is 5.27. The maximum atomic E-state index is 13.1. The summed E-state index contributed by atoms with van der Waals surface area (Å²) in [6.07, 6.45) is 8.36. The molecule has 4 aliphatic rings. The Morgan fingerprint density at radius 3 is 2.25 bits per heavy atom. The van der Waals surface area contributed by atoms with Crippen LogP contribution < -0.4 is 5.32 Å². The first-order valence-electron chi connectivity index (χ1n) is 7.81. The fraction of sp³-hybridized carbons (Fsp3) is 0.647. The van der Waals surface area contributed by atoms with E-state index in [-0.39, 0.29) is 5.82 Å². The minimum atomic E-state index is -0.256. The van der Waals surface area contributed by atoms with Crippen LogP contribution in [0.1, 0.15) is 44.1 Å². The first kappa shape index (κ1) is 13.1. The summed E-state index contributed by atoms with van der Waals surface area (Å²) in [6.45, 7) is 0.769. The summed E-state index contributed by atoms with van der Waals surface area (Å²) in [5, 5.41) is 4.34. The van der Waals surface area contributed by atoms with Crippen LogP contribution in [-0.4, -0.2) is 5.54 Å². The van der Waals surface area contributed by atoms with Gasteiger partial charge < -0.3 is 5.32 Å². The zero-order valence-electron chi connectivity index (χ0n) is 11.7. The molecule has 20 heavy (non-hydrogen) atoms. The number of hydrogen-bond acceptors (Lipinski definition) is 1. The number of halogens is 2. The Labute approximate surface area is 124 Å². The van der Waals surface area contributed by atoms with Gasteiger partial charge in [0.15, 0.2) is 0 Å². The zero-order chi connectivity index (χ0) is 13.7. The minimum absolute atomic E-state index is 0.256. The molecular formula is C17H21ClFN. The van der Waals surface area contributed by atoms with Crippen LogP contribution in [0.4, 0.5) is 4.39 Å². The van der Waals surface area contributed by atoms with Crippen molar-refractivity contribution in [2.45, 2.75) is 50.6 Å². The number of nitrogens with one attached hydrogen (secondary N) is 1. The molecule has 0 radical (unpaired) electrons. The van der Waals surface area contributed by atoms with Gasteiger partial charge in [-0.05, 0) is 74.0 Å². The second-order valence-electron chi connectivity index (χ2n) is 7.29. The Morgan fingerprint density at radius 2 is 1.70 bits per heavy atom. The molecule has 4 aliphatic carbocycles. The average Bonchev–Trinajstić information content (AvgIpc) is 2.36. The van der Waals surface area contributed by atoms with E-state index in [1.165, 1.54) is 50.7 Å². The number of hydrogen-bond donors (Lipinski definition) is 1. The average molecular weight is 294 g/mol. The van der Waals surface area contributed by atoms with Crippen molar-refractivity contribution in [1.29, 1.82) is 0 Å². The lowest BCUT2D eigenvalue weighted by molar-refractivity contribution is -0.0205. The van der Waals surface area contributed by atoms with Crippen LogP contribution >= 0.6 is 11.6 Å². The second kappa shape index (κ2) is 4.71. The molecule has 0 heterocycles. The summed E-state index contributed by atoms with van der Waals surface area (Å²) in [6, 6.07) is 4.73.